The van der Waals surface area contributed by atoms with Gasteiger partial charge in [0.2, 0.25) is 5.91 Å². The number of hydrogen-bond acceptors (Lipinski definition) is 3. The van der Waals surface area contributed by atoms with Crippen molar-refractivity contribution < 1.29 is 14.6 Å². The zero-order valence-corrected chi connectivity index (χ0v) is 10.6. The molecule has 0 heterocycles. The molecular weight excluding hydrogens is 230 g/mol. The van der Waals surface area contributed by atoms with E-state index >= 15 is 0 Å². The fourth-order valence-electron chi connectivity index (χ4n) is 1.31. The highest BCUT2D eigenvalue weighted by Crippen LogP contribution is 2.13. The molecule has 0 aliphatic heterocycles. The normalized spacial score (nSPS) is 10.6. The molecule has 0 aliphatic rings. The quantitative estimate of drug-likeness (QED) is 0.722. The Labute approximate surface area is 107 Å². The summed E-state index contributed by atoms with van der Waals surface area (Å²) in [4.78, 5) is 11.2. The average Bonchev–Trinajstić information content (AvgIpc) is 2.41. The second-order valence-corrected chi connectivity index (χ2v) is 3.77. The van der Waals surface area contributed by atoms with Gasteiger partial charge in [0.15, 0.2) is 0 Å². The van der Waals surface area contributed by atoms with E-state index in [4.69, 9.17) is 9.84 Å². The maximum absolute atomic E-state index is 11.2. The van der Waals surface area contributed by atoms with E-state index in [1.54, 1.807) is 6.08 Å². The minimum Gasteiger partial charge on any atom is -0.494 e. The Hall–Kier alpha value is -1.81. The van der Waals surface area contributed by atoms with Crippen LogP contribution >= 0.6 is 0 Å². The largest absolute Gasteiger partial charge is 0.494 e. The van der Waals surface area contributed by atoms with Gasteiger partial charge in [0.1, 0.15) is 5.75 Å². The van der Waals surface area contributed by atoms with Gasteiger partial charge in [-0.15, -0.1) is 0 Å². The lowest BCUT2D eigenvalue weighted by Gasteiger charge is -2.04. The van der Waals surface area contributed by atoms with Crippen LogP contribution in [-0.2, 0) is 4.79 Å². The van der Waals surface area contributed by atoms with Gasteiger partial charge >= 0.3 is 0 Å². The molecule has 98 valence electrons. The SMILES string of the molecule is CCCOc1ccc(/C=C/C(=O)NCCO)cc1. The van der Waals surface area contributed by atoms with Crippen LogP contribution in [0.3, 0.4) is 0 Å². The number of ether oxygens (including phenoxy) is 1. The molecule has 18 heavy (non-hydrogen) atoms. The molecule has 1 aromatic carbocycles. The van der Waals surface area contributed by atoms with Crippen molar-refractivity contribution in [2.75, 3.05) is 19.8 Å². The summed E-state index contributed by atoms with van der Waals surface area (Å²) in [5.74, 6) is 0.620. The summed E-state index contributed by atoms with van der Waals surface area (Å²) in [5.41, 5.74) is 0.929. The molecule has 0 spiro atoms. The van der Waals surface area contributed by atoms with Crippen molar-refractivity contribution in [3.05, 3.63) is 35.9 Å². The molecule has 0 bridgehead atoms. The van der Waals surface area contributed by atoms with Crippen molar-refractivity contribution in [1.29, 1.82) is 0 Å². The van der Waals surface area contributed by atoms with Crippen molar-refractivity contribution in [1.82, 2.24) is 5.32 Å². The Morgan fingerprint density at radius 3 is 2.72 bits per heavy atom. The monoisotopic (exact) mass is 249 g/mol. The summed E-state index contributed by atoms with van der Waals surface area (Å²) in [6.07, 6.45) is 4.14. The maximum atomic E-state index is 11.2. The first-order chi connectivity index (χ1) is 8.76. The lowest BCUT2D eigenvalue weighted by molar-refractivity contribution is -0.116. The van der Waals surface area contributed by atoms with E-state index in [-0.39, 0.29) is 19.1 Å². The zero-order valence-electron chi connectivity index (χ0n) is 10.6. The molecule has 0 saturated heterocycles. The van der Waals surface area contributed by atoms with E-state index < -0.39 is 0 Å². The number of amides is 1. The van der Waals surface area contributed by atoms with Crippen LogP contribution in [0.4, 0.5) is 0 Å². The van der Waals surface area contributed by atoms with Crippen molar-refractivity contribution in [2.45, 2.75) is 13.3 Å². The molecule has 0 saturated carbocycles. The number of carbonyl (C=O) groups excluding carboxylic acids is 1. The van der Waals surface area contributed by atoms with Crippen LogP contribution in [0.15, 0.2) is 30.3 Å². The molecule has 0 aromatic heterocycles. The molecule has 1 aromatic rings. The van der Waals surface area contributed by atoms with Crippen molar-refractivity contribution >= 4 is 12.0 Å². The van der Waals surface area contributed by atoms with Gasteiger partial charge in [-0.1, -0.05) is 19.1 Å². The number of hydrogen-bond donors (Lipinski definition) is 2. The molecule has 2 N–H and O–H groups in total. The molecule has 0 fully saturated rings. The second kappa shape index (κ2) is 8.31. The topological polar surface area (TPSA) is 58.6 Å². The van der Waals surface area contributed by atoms with Crippen molar-refractivity contribution in [2.24, 2.45) is 0 Å². The van der Waals surface area contributed by atoms with Gasteiger partial charge in [0.05, 0.1) is 13.2 Å². The van der Waals surface area contributed by atoms with Gasteiger partial charge in [-0.25, -0.2) is 0 Å². The van der Waals surface area contributed by atoms with Gasteiger partial charge < -0.3 is 15.2 Å². The minimum atomic E-state index is -0.213. The van der Waals surface area contributed by atoms with Gasteiger partial charge in [0.25, 0.3) is 0 Å². The fraction of sp³-hybridized carbons (Fsp3) is 0.357. The number of aliphatic hydroxyl groups excluding tert-OH is 1. The summed E-state index contributed by atoms with van der Waals surface area (Å²) >= 11 is 0. The lowest BCUT2D eigenvalue weighted by atomic mass is 10.2. The van der Waals surface area contributed by atoms with Gasteiger partial charge in [0, 0.05) is 12.6 Å². The standard InChI is InChI=1S/C14H19NO3/c1-2-11-18-13-6-3-12(4-7-13)5-8-14(17)15-9-10-16/h3-8,16H,2,9-11H2,1H3,(H,15,17)/b8-5+. The molecule has 1 amide bonds. The lowest BCUT2D eigenvalue weighted by Crippen LogP contribution is -2.24. The van der Waals surface area contributed by atoms with E-state index in [2.05, 4.69) is 12.2 Å². The zero-order chi connectivity index (χ0) is 13.2. The third-order valence-electron chi connectivity index (χ3n) is 2.19. The first kappa shape index (κ1) is 14.3. The predicted molar refractivity (Wildman–Crippen MR) is 71.4 cm³/mol. The van der Waals surface area contributed by atoms with Crippen LogP contribution in [0.1, 0.15) is 18.9 Å². The number of aliphatic hydroxyl groups is 1. The van der Waals surface area contributed by atoms with E-state index in [9.17, 15) is 4.79 Å². The molecule has 4 nitrogen and oxygen atoms in total. The van der Waals surface area contributed by atoms with Crippen LogP contribution in [-0.4, -0.2) is 30.8 Å². The Balaban J connectivity index is 2.47. The Morgan fingerprint density at radius 1 is 1.39 bits per heavy atom. The Kier molecular flexibility index (Phi) is 6.58. The third kappa shape index (κ3) is 5.50. The Morgan fingerprint density at radius 2 is 2.11 bits per heavy atom. The number of carbonyl (C=O) groups is 1. The molecular formula is C14H19NO3. The smallest absolute Gasteiger partial charge is 0.244 e. The summed E-state index contributed by atoms with van der Waals surface area (Å²) in [5, 5.41) is 11.1. The van der Waals surface area contributed by atoms with Gasteiger partial charge in [-0.2, -0.15) is 0 Å². The first-order valence-electron chi connectivity index (χ1n) is 6.06. The number of rotatable bonds is 7. The average molecular weight is 249 g/mol. The molecule has 0 atom stereocenters. The second-order valence-electron chi connectivity index (χ2n) is 3.77. The van der Waals surface area contributed by atoms with E-state index in [0.717, 1.165) is 17.7 Å². The highest BCUT2D eigenvalue weighted by atomic mass is 16.5. The van der Waals surface area contributed by atoms with E-state index in [1.165, 1.54) is 6.08 Å². The van der Waals surface area contributed by atoms with Crippen LogP contribution in [0.2, 0.25) is 0 Å². The Bertz CT molecular complexity index is 385. The summed E-state index contributed by atoms with van der Waals surface area (Å²) in [6, 6.07) is 7.53. The highest BCUT2D eigenvalue weighted by Gasteiger charge is 1.95. The fourth-order valence-corrected chi connectivity index (χ4v) is 1.31. The number of benzene rings is 1. The van der Waals surface area contributed by atoms with Crippen molar-refractivity contribution in [3.63, 3.8) is 0 Å². The molecule has 0 radical (unpaired) electrons. The predicted octanol–water partition coefficient (Wildman–Crippen LogP) is 1.60. The van der Waals surface area contributed by atoms with E-state index in [0.29, 0.717) is 6.61 Å². The molecule has 0 unspecified atom stereocenters. The van der Waals surface area contributed by atoms with Crippen LogP contribution in [0, 0.1) is 0 Å². The van der Waals surface area contributed by atoms with Crippen LogP contribution in [0.25, 0.3) is 6.08 Å². The summed E-state index contributed by atoms with van der Waals surface area (Å²) < 4.78 is 5.46. The van der Waals surface area contributed by atoms with Crippen LogP contribution in [0.5, 0.6) is 5.75 Å². The highest BCUT2D eigenvalue weighted by molar-refractivity contribution is 5.91. The molecule has 1 rings (SSSR count). The molecule has 0 aliphatic carbocycles. The minimum absolute atomic E-state index is 0.0525. The number of nitrogens with one attached hydrogen (secondary N) is 1. The van der Waals surface area contributed by atoms with Crippen molar-refractivity contribution in [3.8, 4) is 5.75 Å². The summed E-state index contributed by atoms with van der Waals surface area (Å²) in [6.45, 7) is 2.98. The summed E-state index contributed by atoms with van der Waals surface area (Å²) in [7, 11) is 0. The van der Waals surface area contributed by atoms with Gasteiger partial charge in [-0.3, -0.25) is 4.79 Å². The first-order valence-corrected chi connectivity index (χ1v) is 6.06. The van der Waals surface area contributed by atoms with Gasteiger partial charge in [-0.05, 0) is 30.2 Å². The molecule has 4 heteroatoms. The van der Waals surface area contributed by atoms with Crippen LogP contribution < -0.4 is 10.1 Å². The third-order valence-corrected chi connectivity index (χ3v) is 2.19. The van der Waals surface area contributed by atoms with E-state index in [1.807, 2.05) is 24.3 Å². The maximum Gasteiger partial charge on any atom is 0.244 e.